The Hall–Kier alpha value is -3.48. The third-order valence-electron chi connectivity index (χ3n) is 4.13. The molecule has 0 bridgehead atoms. The average molecular weight is 584 g/mol. The molecule has 2 aromatic heterocycles. The summed E-state index contributed by atoms with van der Waals surface area (Å²) in [4.78, 5) is 19.8. The van der Waals surface area contributed by atoms with Gasteiger partial charge in [-0.25, -0.2) is 19.0 Å². The van der Waals surface area contributed by atoms with Crippen molar-refractivity contribution in [3.63, 3.8) is 0 Å². The summed E-state index contributed by atoms with van der Waals surface area (Å²) in [5.41, 5.74) is -3.51. The van der Waals surface area contributed by atoms with E-state index in [0.29, 0.717) is 0 Å². The molecule has 0 atom stereocenters. The number of hydrogen-bond acceptors (Lipinski definition) is 10. The van der Waals surface area contributed by atoms with Gasteiger partial charge in [0.15, 0.2) is 16.6 Å². The van der Waals surface area contributed by atoms with E-state index in [4.69, 9.17) is 11.6 Å². The van der Waals surface area contributed by atoms with Crippen molar-refractivity contribution in [3.8, 4) is 0 Å². The van der Waals surface area contributed by atoms with E-state index in [9.17, 15) is 36.0 Å². The number of thioether (sulfide) groups is 1. The van der Waals surface area contributed by atoms with E-state index < -0.39 is 33.1 Å². The van der Waals surface area contributed by atoms with Crippen molar-refractivity contribution < 1.29 is 40.6 Å². The van der Waals surface area contributed by atoms with Gasteiger partial charge >= 0.3 is 15.5 Å². The minimum absolute atomic E-state index is 0.0142. The summed E-state index contributed by atoms with van der Waals surface area (Å²) in [6.45, 7) is 0.0743. The Morgan fingerprint density at radius 3 is 2.59 bits per heavy atom. The van der Waals surface area contributed by atoms with Gasteiger partial charge in [0.2, 0.25) is 0 Å². The molecule has 12 nitrogen and oxygen atoms in total. The van der Waals surface area contributed by atoms with E-state index in [0.717, 1.165) is 36.2 Å². The van der Waals surface area contributed by atoms with E-state index >= 15 is 0 Å². The fourth-order valence-corrected chi connectivity index (χ4v) is 3.87. The van der Waals surface area contributed by atoms with Gasteiger partial charge in [-0.15, -0.1) is 0 Å². The number of pyridine rings is 1. The number of nitrogens with zero attached hydrogens (tertiary/aromatic N) is 4. The maximum Gasteiger partial charge on any atom is 0.516 e. The molecule has 0 aliphatic heterocycles. The fraction of sp³-hybridized carbons (Fsp3) is 0.167. The standard InChI is InChI=1S/C18H14ClF4N7O5S2/c19-11-7-10(2-3-12(11)20)26-15(27-32)14-17(29-35-28-14)36-6-5-24-16(31)9-1-4-13(25-8-9)30-37(33,34)18(21,22)23/h1-4,7-8,32H,5-6H2,(H,24,31)(H,25,30)(H,26,27). The molecule has 0 fully saturated rings. The molecule has 0 aliphatic carbocycles. The number of benzene rings is 1. The van der Waals surface area contributed by atoms with Crippen LogP contribution < -0.4 is 15.5 Å². The number of hydroxylamine groups is 1. The lowest BCUT2D eigenvalue weighted by Crippen LogP contribution is -2.30. The lowest BCUT2D eigenvalue weighted by Gasteiger charge is -2.10. The zero-order chi connectivity index (χ0) is 27.2. The number of nitrogens with one attached hydrogen (secondary N) is 3. The monoisotopic (exact) mass is 583 g/mol. The van der Waals surface area contributed by atoms with Gasteiger partial charge in [-0.05, 0) is 40.6 Å². The molecule has 4 N–H and O–H groups in total. The summed E-state index contributed by atoms with van der Waals surface area (Å²) in [5.74, 6) is -1.86. The number of amidine groups is 1. The minimum Gasteiger partial charge on any atom is -0.351 e. The van der Waals surface area contributed by atoms with Crippen LogP contribution in [0.2, 0.25) is 5.02 Å². The molecule has 0 unspecified atom stereocenters. The van der Waals surface area contributed by atoms with Gasteiger partial charge in [-0.3, -0.25) is 20.2 Å². The van der Waals surface area contributed by atoms with E-state index in [-0.39, 0.29) is 45.1 Å². The molecule has 0 radical (unpaired) electrons. The van der Waals surface area contributed by atoms with E-state index in [1.807, 2.05) is 5.48 Å². The number of rotatable bonds is 9. The Bertz CT molecular complexity index is 1400. The van der Waals surface area contributed by atoms with Gasteiger partial charge in [0.1, 0.15) is 11.6 Å². The highest BCUT2D eigenvalue weighted by Crippen LogP contribution is 2.25. The van der Waals surface area contributed by atoms with E-state index in [1.54, 1.807) is 0 Å². The second-order valence-corrected chi connectivity index (χ2v) is 9.84. The van der Waals surface area contributed by atoms with Crippen LogP contribution in [0.25, 0.3) is 0 Å². The summed E-state index contributed by atoms with van der Waals surface area (Å²) in [7, 11) is -5.64. The molecule has 19 heteroatoms. The van der Waals surface area contributed by atoms with Gasteiger partial charge in [0, 0.05) is 18.5 Å². The lowest BCUT2D eigenvalue weighted by atomic mass is 10.2. The van der Waals surface area contributed by atoms with Crippen molar-refractivity contribution in [2.24, 2.45) is 4.99 Å². The summed E-state index contributed by atoms with van der Waals surface area (Å²) in [6.07, 6.45) is 0.897. The molecule has 3 aromatic rings. The van der Waals surface area contributed by atoms with Crippen LogP contribution in [-0.4, -0.2) is 58.5 Å². The number of carbonyl (C=O) groups excluding carboxylic acids is 1. The first kappa shape index (κ1) is 28.1. The number of aliphatic imine (C=N–C) groups is 1. The van der Waals surface area contributed by atoms with E-state index in [1.165, 1.54) is 16.9 Å². The summed E-state index contributed by atoms with van der Waals surface area (Å²) in [6, 6.07) is 5.59. The van der Waals surface area contributed by atoms with Crippen molar-refractivity contribution in [3.05, 3.63) is 58.6 Å². The third kappa shape index (κ3) is 7.28. The first-order valence-corrected chi connectivity index (χ1v) is 12.5. The highest BCUT2D eigenvalue weighted by molar-refractivity contribution is 7.99. The van der Waals surface area contributed by atoms with Gasteiger partial charge < -0.3 is 5.32 Å². The number of hydrogen-bond donors (Lipinski definition) is 4. The molecule has 2 heterocycles. The number of halogens is 5. The fourth-order valence-electron chi connectivity index (χ4n) is 2.43. The van der Waals surface area contributed by atoms with Crippen molar-refractivity contribution in [1.82, 2.24) is 26.1 Å². The number of aromatic nitrogens is 3. The van der Waals surface area contributed by atoms with Crippen LogP contribution in [-0.2, 0) is 10.0 Å². The summed E-state index contributed by atoms with van der Waals surface area (Å²) >= 11 is 6.78. The molecule has 3 rings (SSSR count). The molecular weight excluding hydrogens is 570 g/mol. The largest absolute Gasteiger partial charge is 0.516 e. The quantitative estimate of drug-likeness (QED) is 0.0732. The second-order valence-electron chi connectivity index (χ2n) is 6.68. The third-order valence-corrected chi connectivity index (χ3v) is 6.45. The molecular formula is C18H14ClF4N7O5S2. The smallest absolute Gasteiger partial charge is 0.351 e. The number of carbonyl (C=O) groups is 1. The van der Waals surface area contributed by atoms with Crippen LogP contribution in [0.4, 0.5) is 29.1 Å². The highest BCUT2D eigenvalue weighted by atomic mass is 35.5. The zero-order valence-corrected chi connectivity index (χ0v) is 20.3. The Morgan fingerprint density at radius 2 is 1.97 bits per heavy atom. The first-order chi connectivity index (χ1) is 17.4. The van der Waals surface area contributed by atoms with Crippen molar-refractivity contribution in [2.45, 2.75) is 10.5 Å². The Balaban J connectivity index is 1.56. The predicted molar refractivity (Wildman–Crippen MR) is 123 cm³/mol. The first-order valence-electron chi connectivity index (χ1n) is 9.64. The normalized spacial score (nSPS) is 12.3. The van der Waals surface area contributed by atoms with E-state index in [2.05, 4.69) is 30.2 Å². The van der Waals surface area contributed by atoms with Crippen molar-refractivity contribution in [2.75, 3.05) is 17.0 Å². The molecule has 0 saturated heterocycles. The maximum atomic E-state index is 13.3. The van der Waals surface area contributed by atoms with Crippen LogP contribution in [0, 0.1) is 5.82 Å². The highest BCUT2D eigenvalue weighted by Gasteiger charge is 2.46. The van der Waals surface area contributed by atoms with Crippen LogP contribution in [0.15, 0.2) is 51.2 Å². The molecule has 0 spiro atoms. The van der Waals surface area contributed by atoms with Crippen LogP contribution in [0.3, 0.4) is 0 Å². The van der Waals surface area contributed by atoms with Crippen molar-refractivity contribution >= 4 is 56.6 Å². The van der Waals surface area contributed by atoms with Gasteiger partial charge in [0.05, 0.1) is 16.3 Å². The van der Waals surface area contributed by atoms with Crippen LogP contribution in [0.1, 0.15) is 16.1 Å². The molecule has 1 aromatic carbocycles. The lowest BCUT2D eigenvalue weighted by molar-refractivity contribution is -0.0429. The second kappa shape index (κ2) is 11.7. The number of sulfonamides is 1. The van der Waals surface area contributed by atoms with Crippen molar-refractivity contribution in [1.29, 1.82) is 0 Å². The molecule has 37 heavy (non-hydrogen) atoms. The zero-order valence-electron chi connectivity index (χ0n) is 18.0. The Morgan fingerprint density at radius 1 is 1.22 bits per heavy atom. The molecule has 1 amide bonds. The van der Waals surface area contributed by atoms with Crippen LogP contribution >= 0.6 is 23.4 Å². The van der Waals surface area contributed by atoms with Gasteiger partial charge in [-0.1, -0.05) is 23.4 Å². The molecule has 0 saturated carbocycles. The number of amides is 1. The summed E-state index contributed by atoms with van der Waals surface area (Å²) in [5, 5.41) is 19.3. The SMILES string of the molecule is O=C(NCCSc1nonc1C(=Nc1ccc(F)c(Cl)c1)NO)c1ccc(NS(=O)(=O)C(F)(F)F)nc1. The minimum atomic E-state index is -5.64. The number of anilines is 1. The Labute approximate surface area is 214 Å². The van der Waals surface area contributed by atoms with Crippen LogP contribution in [0.5, 0.6) is 0 Å². The Kier molecular flexibility index (Phi) is 8.89. The summed E-state index contributed by atoms with van der Waals surface area (Å²) < 4.78 is 78.7. The van der Waals surface area contributed by atoms with Gasteiger partial charge in [-0.2, -0.15) is 21.6 Å². The molecule has 0 aliphatic rings. The van der Waals surface area contributed by atoms with Gasteiger partial charge in [0.25, 0.3) is 5.91 Å². The maximum absolute atomic E-state index is 13.3. The average Bonchev–Trinajstić information content (AvgIpc) is 3.30. The molecule has 198 valence electrons. The number of alkyl halides is 3. The topological polar surface area (TPSA) is 172 Å². The predicted octanol–water partition coefficient (Wildman–Crippen LogP) is 3.10.